The van der Waals surface area contributed by atoms with Gasteiger partial charge in [0.15, 0.2) is 0 Å². The van der Waals surface area contributed by atoms with Gasteiger partial charge in [0.2, 0.25) is 5.91 Å². The van der Waals surface area contributed by atoms with E-state index in [4.69, 9.17) is 0 Å². The Labute approximate surface area is 432 Å². The lowest BCUT2D eigenvalue weighted by molar-refractivity contribution is -0.124. The SMILES string of the molecule is CCCCCCCCCCCCC/C=C/CCCC(O)C(O)C(CO)NC(=O)CCCCCCCCCCCCCCCCCCC/C=C\CCCCCCCCCCCCCCCCCCCC. The second kappa shape index (κ2) is 59.4. The fourth-order valence-electron chi connectivity index (χ4n) is 10.2. The minimum absolute atomic E-state index is 0.148. The Morgan fingerprint density at radius 2 is 0.580 bits per heavy atom. The van der Waals surface area contributed by atoms with Gasteiger partial charge in [-0.15, -0.1) is 0 Å². The highest BCUT2D eigenvalue weighted by Crippen LogP contribution is 2.18. The summed E-state index contributed by atoms with van der Waals surface area (Å²) in [6.45, 7) is 4.20. The van der Waals surface area contributed by atoms with E-state index in [-0.39, 0.29) is 12.5 Å². The molecule has 0 aliphatic carbocycles. The fraction of sp³-hybridized carbons (Fsp3) is 0.922. The third-order valence-electron chi connectivity index (χ3n) is 15.0. The number of unbranched alkanes of at least 4 members (excludes halogenated alkanes) is 47. The van der Waals surface area contributed by atoms with Crippen molar-refractivity contribution in [2.24, 2.45) is 0 Å². The van der Waals surface area contributed by atoms with Crippen LogP contribution in [0.1, 0.15) is 354 Å². The van der Waals surface area contributed by atoms with E-state index in [2.05, 4.69) is 43.5 Å². The van der Waals surface area contributed by atoms with E-state index in [1.54, 1.807) is 0 Å². The molecule has 4 N–H and O–H groups in total. The molecule has 3 unspecified atom stereocenters. The topological polar surface area (TPSA) is 89.8 Å². The van der Waals surface area contributed by atoms with Crippen molar-refractivity contribution in [2.45, 2.75) is 372 Å². The summed E-state index contributed by atoms with van der Waals surface area (Å²) in [6, 6.07) is -0.824. The number of carbonyl (C=O) groups excluding carboxylic acids is 1. The molecule has 3 atom stereocenters. The molecular weight excluding hydrogens is 847 g/mol. The van der Waals surface area contributed by atoms with Crippen LogP contribution in [-0.2, 0) is 4.79 Å². The standard InChI is InChI=1S/C64H125NO4/c1-3-5-7-9-11-13-15-17-19-21-22-23-24-25-26-27-28-29-30-31-32-33-34-35-36-37-38-39-40-41-42-43-45-47-49-51-53-55-57-59-63(68)65-61(60-66)64(69)62(67)58-56-54-52-50-48-46-44-20-18-16-14-12-10-8-6-4-2/h31-32,50,52,61-62,64,66-67,69H,3-30,33-49,51,53-60H2,1-2H3,(H,65,68)/b32-31-,52-50+. The fourth-order valence-corrected chi connectivity index (χ4v) is 10.2. The van der Waals surface area contributed by atoms with Crippen LogP contribution in [-0.4, -0.2) is 46.1 Å². The smallest absolute Gasteiger partial charge is 0.220 e. The van der Waals surface area contributed by atoms with Crippen molar-refractivity contribution >= 4 is 5.91 Å². The normalized spacial score (nSPS) is 13.3. The molecule has 0 bridgehead atoms. The van der Waals surface area contributed by atoms with Gasteiger partial charge in [-0.05, 0) is 64.2 Å². The average Bonchev–Trinajstić information content (AvgIpc) is 3.35. The van der Waals surface area contributed by atoms with E-state index in [0.29, 0.717) is 12.8 Å². The number of nitrogens with one attached hydrogen (secondary N) is 1. The van der Waals surface area contributed by atoms with Gasteiger partial charge in [-0.2, -0.15) is 0 Å². The summed E-state index contributed by atoms with van der Waals surface area (Å²) in [5.41, 5.74) is 0. The van der Waals surface area contributed by atoms with Gasteiger partial charge in [0.25, 0.3) is 0 Å². The molecule has 5 nitrogen and oxygen atoms in total. The number of aliphatic hydroxyl groups excluding tert-OH is 3. The van der Waals surface area contributed by atoms with Crippen molar-refractivity contribution in [1.82, 2.24) is 5.32 Å². The van der Waals surface area contributed by atoms with Gasteiger partial charge in [-0.1, -0.05) is 308 Å². The molecular formula is C64H125NO4. The maximum atomic E-state index is 12.5. The molecule has 0 aromatic heterocycles. The van der Waals surface area contributed by atoms with Gasteiger partial charge in [0.1, 0.15) is 6.10 Å². The molecule has 0 saturated carbocycles. The summed E-state index contributed by atoms with van der Waals surface area (Å²) in [5.74, 6) is -0.148. The largest absolute Gasteiger partial charge is 0.394 e. The first-order chi connectivity index (χ1) is 34.1. The number of rotatable bonds is 59. The Morgan fingerprint density at radius 3 is 0.841 bits per heavy atom. The van der Waals surface area contributed by atoms with Crippen LogP contribution in [0.5, 0.6) is 0 Å². The minimum Gasteiger partial charge on any atom is -0.394 e. The van der Waals surface area contributed by atoms with Crippen LogP contribution >= 0.6 is 0 Å². The molecule has 0 aliphatic heterocycles. The average molecular weight is 973 g/mol. The third kappa shape index (κ3) is 54.4. The lowest BCUT2D eigenvalue weighted by atomic mass is 10.0. The Balaban J connectivity index is 3.44. The summed E-state index contributed by atoms with van der Waals surface area (Å²) in [7, 11) is 0. The first kappa shape index (κ1) is 67.8. The van der Waals surface area contributed by atoms with E-state index in [1.165, 1.54) is 289 Å². The van der Waals surface area contributed by atoms with Crippen molar-refractivity contribution < 1.29 is 20.1 Å². The summed E-state index contributed by atoms with van der Waals surface area (Å²) >= 11 is 0. The quantitative estimate of drug-likeness (QED) is 0.0361. The molecule has 0 aromatic rings. The highest BCUT2D eigenvalue weighted by Gasteiger charge is 2.26. The Morgan fingerprint density at radius 1 is 0.348 bits per heavy atom. The van der Waals surface area contributed by atoms with Gasteiger partial charge >= 0.3 is 0 Å². The zero-order valence-corrected chi connectivity index (χ0v) is 47.0. The van der Waals surface area contributed by atoms with Crippen molar-refractivity contribution in [1.29, 1.82) is 0 Å². The number of hydrogen-bond donors (Lipinski definition) is 4. The molecule has 0 radical (unpaired) electrons. The van der Waals surface area contributed by atoms with Crippen molar-refractivity contribution in [3.05, 3.63) is 24.3 Å². The van der Waals surface area contributed by atoms with Crippen molar-refractivity contribution in [3.8, 4) is 0 Å². The van der Waals surface area contributed by atoms with Gasteiger partial charge in [-0.25, -0.2) is 0 Å². The molecule has 0 spiro atoms. The number of allylic oxidation sites excluding steroid dienone is 4. The third-order valence-corrected chi connectivity index (χ3v) is 15.0. The molecule has 410 valence electrons. The first-order valence-corrected chi connectivity index (χ1v) is 31.6. The maximum Gasteiger partial charge on any atom is 0.220 e. The van der Waals surface area contributed by atoms with Crippen LogP contribution in [0.15, 0.2) is 24.3 Å². The van der Waals surface area contributed by atoms with Crippen LogP contribution in [0, 0.1) is 0 Å². The Hall–Kier alpha value is -1.17. The summed E-state index contributed by atoms with van der Waals surface area (Å²) < 4.78 is 0. The van der Waals surface area contributed by atoms with E-state index < -0.39 is 18.2 Å². The second-order valence-electron chi connectivity index (χ2n) is 22.0. The highest BCUT2D eigenvalue weighted by atomic mass is 16.3. The number of hydrogen-bond acceptors (Lipinski definition) is 4. The van der Waals surface area contributed by atoms with Gasteiger partial charge in [-0.3, -0.25) is 4.79 Å². The van der Waals surface area contributed by atoms with Crippen molar-refractivity contribution in [2.75, 3.05) is 6.61 Å². The summed E-state index contributed by atoms with van der Waals surface area (Å²) in [5, 5.41) is 33.7. The van der Waals surface area contributed by atoms with E-state index in [0.717, 1.165) is 38.5 Å². The predicted molar refractivity (Wildman–Crippen MR) is 305 cm³/mol. The van der Waals surface area contributed by atoms with Crippen molar-refractivity contribution in [3.63, 3.8) is 0 Å². The predicted octanol–water partition coefficient (Wildman–Crippen LogP) is 20.0. The van der Waals surface area contributed by atoms with Gasteiger partial charge in [0, 0.05) is 6.42 Å². The Kier molecular flexibility index (Phi) is 58.4. The van der Waals surface area contributed by atoms with Crippen LogP contribution in [0.25, 0.3) is 0 Å². The molecule has 0 heterocycles. The lowest BCUT2D eigenvalue weighted by Crippen LogP contribution is -2.50. The van der Waals surface area contributed by atoms with Crippen LogP contribution < -0.4 is 5.32 Å². The zero-order chi connectivity index (χ0) is 50.0. The number of aliphatic hydroxyl groups is 3. The molecule has 69 heavy (non-hydrogen) atoms. The molecule has 0 aromatic carbocycles. The van der Waals surface area contributed by atoms with Gasteiger partial charge in [0.05, 0.1) is 18.8 Å². The lowest BCUT2D eigenvalue weighted by Gasteiger charge is -2.26. The zero-order valence-electron chi connectivity index (χ0n) is 47.0. The second-order valence-corrected chi connectivity index (χ2v) is 22.0. The minimum atomic E-state index is -1.16. The highest BCUT2D eigenvalue weighted by molar-refractivity contribution is 5.76. The van der Waals surface area contributed by atoms with E-state index in [1.807, 2.05) is 0 Å². The monoisotopic (exact) mass is 972 g/mol. The van der Waals surface area contributed by atoms with Crippen LogP contribution in [0.4, 0.5) is 0 Å². The van der Waals surface area contributed by atoms with E-state index in [9.17, 15) is 20.1 Å². The molecule has 0 aliphatic rings. The molecule has 1 amide bonds. The summed E-state index contributed by atoms with van der Waals surface area (Å²) in [6.07, 6.45) is 76.7. The first-order valence-electron chi connectivity index (χ1n) is 31.6. The van der Waals surface area contributed by atoms with Crippen LogP contribution in [0.3, 0.4) is 0 Å². The van der Waals surface area contributed by atoms with Gasteiger partial charge < -0.3 is 20.6 Å². The summed E-state index contributed by atoms with van der Waals surface area (Å²) in [4.78, 5) is 12.5. The maximum absolute atomic E-state index is 12.5. The molecule has 0 rings (SSSR count). The van der Waals surface area contributed by atoms with Crippen LogP contribution in [0.2, 0.25) is 0 Å². The number of amides is 1. The Bertz CT molecular complexity index is 1030. The molecule has 0 saturated heterocycles. The molecule has 5 heteroatoms. The molecule has 0 fully saturated rings. The number of carbonyl (C=O) groups is 1. The van der Waals surface area contributed by atoms with E-state index >= 15 is 0 Å².